The first-order chi connectivity index (χ1) is 21.4. The molecule has 0 aliphatic rings. The molecular formula is C34H20F9NO. The van der Waals surface area contributed by atoms with E-state index in [0.717, 1.165) is 30.2 Å². The highest BCUT2D eigenvalue weighted by Crippen LogP contribution is 2.39. The molecule has 230 valence electrons. The van der Waals surface area contributed by atoms with E-state index >= 15 is 4.39 Å². The largest absolute Gasteiger partial charge is 0.432 e. The van der Waals surface area contributed by atoms with Crippen molar-refractivity contribution in [3.63, 3.8) is 0 Å². The number of alkyl halides is 2. The molecule has 0 saturated heterocycles. The van der Waals surface area contributed by atoms with Crippen LogP contribution in [-0.4, -0.2) is 4.98 Å². The maximum atomic E-state index is 15.1. The summed E-state index contributed by atoms with van der Waals surface area (Å²) in [5.74, 6) is -11.6. The van der Waals surface area contributed by atoms with Crippen molar-refractivity contribution in [2.75, 3.05) is 0 Å². The molecule has 0 radical (unpaired) electrons. The fourth-order valence-electron chi connectivity index (χ4n) is 4.55. The summed E-state index contributed by atoms with van der Waals surface area (Å²) in [4.78, 5) is 4.28. The second-order valence-electron chi connectivity index (χ2n) is 9.81. The van der Waals surface area contributed by atoms with Gasteiger partial charge >= 0.3 is 6.11 Å². The highest BCUT2D eigenvalue weighted by molar-refractivity contribution is 5.70. The molecule has 5 aromatic rings. The van der Waals surface area contributed by atoms with Gasteiger partial charge in [-0.1, -0.05) is 37.3 Å². The van der Waals surface area contributed by atoms with Crippen LogP contribution in [0.2, 0.25) is 0 Å². The van der Waals surface area contributed by atoms with Gasteiger partial charge in [-0.15, -0.1) is 0 Å². The quantitative estimate of drug-likeness (QED) is 0.126. The lowest BCUT2D eigenvalue weighted by Gasteiger charge is -2.20. The normalized spacial score (nSPS) is 11.8. The van der Waals surface area contributed by atoms with Crippen LogP contribution >= 0.6 is 0 Å². The monoisotopic (exact) mass is 629 g/mol. The van der Waals surface area contributed by atoms with Crippen molar-refractivity contribution in [2.24, 2.45) is 0 Å². The van der Waals surface area contributed by atoms with Gasteiger partial charge in [-0.25, -0.2) is 30.7 Å². The van der Waals surface area contributed by atoms with Crippen LogP contribution < -0.4 is 4.74 Å². The van der Waals surface area contributed by atoms with Gasteiger partial charge in [-0.3, -0.25) is 4.98 Å². The Morgan fingerprint density at radius 2 is 1.20 bits per heavy atom. The molecule has 0 N–H and O–H groups in total. The Balaban J connectivity index is 1.39. The number of hydrogen-bond acceptors (Lipinski definition) is 2. The van der Waals surface area contributed by atoms with Gasteiger partial charge in [-0.2, -0.15) is 8.78 Å². The van der Waals surface area contributed by atoms with Crippen molar-refractivity contribution in [3.05, 3.63) is 137 Å². The first-order valence-electron chi connectivity index (χ1n) is 13.3. The molecule has 45 heavy (non-hydrogen) atoms. The standard InChI is InChI=1S/C34H20F9NO/c1-2-3-4-18-5-10-31(44-17-18)19-6-8-23(25(35)11-19)20-12-27(37)32(28(38)13-20)34(42,43)45-22-7-9-24(26(36)16-22)21-14-29(39)33(41)30(40)15-21/h3-17H,2H2,1H3. The summed E-state index contributed by atoms with van der Waals surface area (Å²) in [7, 11) is 0. The summed E-state index contributed by atoms with van der Waals surface area (Å²) in [6.07, 6.45) is 1.57. The maximum Gasteiger partial charge on any atom is 0.432 e. The molecule has 2 nitrogen and oxygen atoms in total. The van der Waals surface area contributed by atoms with Crippen molar-refractivity contribution in [1.29, 1.82) is 0 Å². The molecule has 0 bridgehead atoms. The number of hydrogen-bond donors (Lipinski definition) is 0. The van der Waals surface area contributed by atoms with Gasteiger partial charge in [0.1, 0.15) is 34.6 Å². The lowest BCUT2D eigenvalue weighted by atomic mass is 9.99. The summed E-state index contributed by atoms with van der Waals surface area (Å²) < 4.78 is 134. The Hall–Kier alpha value is -5.06. The molecule has 1 aromatic heterocycles. The molecule has 0 fully saturated rings. The molecule has 0 aliphatic carbocycles. The van der Waals surface area contributed by atoms with E-state index in [4.69, 9.17) is 0 Å². The van der Waals surface area contributed by atoms with Crippen LogP contribution in [0.3, 0.4) is 0 Å². The highest BCUT2D eigenvalue weighted by Gasteiger charge is 2.41. The molecule has 0 atom stereocenters. The Labute approximate surface area is 251 Å². The van der Waals surface area contributed by atoms with E-state index in [-0.39, 0.29) is 11.1 Å². The number of allylic oxidation sites excluding steroid dienone is 1. The molecule has 1 heterocycles. The molecule has 0 unspecified atom stereocenters. The van der Waals surface area contributed by atoms with E-state index in [0.29, 0.717) is 41.6 Å². The lowest BCUT2D eigenvalue weighted by Crippen LogP contribution is -2.25. The number of nitrogens with zero attached hydrogens (tertiary/aromatic N) is 1. The van der Waals surface area contributed by atoms with Crippen LogP contribution in [0.25, 0.3) is 39.6 Å². The molecule has 11 heteroatoms. The second-order valence-corrected chi connectivity index (χ2v) is 9.81. The van der Waals surface area contributed by atoms with Crippen molar-refractivity contribution in [3.8, 4) is 39.3 Å². The number of rotatable bonds is 8. The van der Waals surface area contributed by atoms with Gasteiger partial charge in [0.05, 0.1) is 5.69 Å². The van der Waals surface area contributed by atoms with Crippen LogP contribution in [0, 0.1) is 40.7 Å². The van der Waals surface area contributed by atoms with E-state index in [1.807, 2.05) is 19.1 Å². The predicted octanol–water partition coefficient (Wildman–Crippen LogP) is 10.6. The van der Waals surface area contributed by atoms with E-state index < -0.39 is 69.3 Å². The predicted molar refractivity (Wildman–Crippen MR) is 151 cm³/mol. The number of ether oxygens (including phenoxy) is 1. The minimum Gasteiger partial charge on any atom is -0.429 e. The van der Waals surface area contributed by atoms with Gasteiger partial charge < -0.3 is 4.74 Å². The number of aromatic nitrogens is 1. The van der Waals surface area contributed by atoms with Crippen LogP contribution in [0.5, 0.6) is 5.75 Å². The van der Waals surface area contributed by atoms with E-state index in [9.17, 15) is 35.1 Å². The Morgan fingerprint density at radius 3 is 1.73 bits per heavy atom. The van der Waals surface area contributed by atoms with E-state index in [1.165, 1.54) is 12.1 Å². The van der Waals surface area contributed by atoms with Crippen LogP contribution in [0.4, 0.5) is 39.5 Å². The van der Waals surface area contributed by atoms with Crippen molar-refractivity contribution in [1.82, 2.24) is 4.98 Å². The van der Waals surface area contributed by atoms with E-state index in [1.54, 1.807) is 18.3 Å². The molecule has 0 aliphatic heterocycles. The third kappa shape index (κ3) is 6.57. The van der Waals surface area contributed by atoms with Crippen LogP contribution in [0.1, 0.15) is 24.5 Å². The first-order valence-corrected chi connectivity index (χ1v) is 13.3. The van der Waals surface area contributed by atoms with Crippen LogP contribution in [0.15, 0.2) is 85.1 Å². The summed E-state index contributed by atoms with van der Waals surface area (Å²) in [5.41, 5.74) is -1.77. The van der Waals surface area contributed by atoms with Gasteiger partial charge in [-0.05, 0) is 71.6 Å². The Bertz CT molecular complexity index is 1870. The molecule has 0 amide bonds. The highest BCUT2D eigenvalue weighted by atomic mass is 19.3. The smallest absolute Gasteiger partial charge is 0.429 e. The molecular weight excluding hydrogens is 609 g/mol. The summed E-state index contributed by atoms with van der Waals surface area (Å²) in [6.45, 7) is 1.98. The van der Waals surface area contributed by atoms with Gasteiger partial charge in [0.25, 0.3) is 0 Å². The zero-order valence-electron chi connectivity index (χ0n) is 23.1. The van der Waals surface area contributed by atoms with Crippen molar-refractivity contribution < 1.29 is 44.3 Å². The lowest BCUT2D eigenvalue weighted by molar-refractivity contribution is -0.189. The van der Waals surface area contributed by atoms with Gasteiger partial charge in [0, 0.05) is 29.0 Å². The fraction of sp³-hybridized carbons (Fsp3) is 0.0882. The Kier molecular flexibility index (Phi) is 8.72. The van der Waals surface area contributed by atoms with Crippen molar-refractivity contribution >= 4 is 6.08 Å². The second kappa shape index (κ2) is 12.5. The zero-order valence-corrected chi connectivity index (χ0v) is 23.1. The number of benzene rings is 4. The SMILES string of the molecule is CCC=Cc1ccc(-c2ccc(-c3cc(F)c(C(F)(F)Oc4ccc(-c5cc(F)c(F)c(F)c5)c(F)c4)c(F)c3)c(F)c2)nc1. The number of pyridine rings is 1. The summed E-state index contributed by atoms with van der Waals surface area (Å²) in [6, 6.07) is 11.2. The molecule has 5 rings (SSSR count). The van der Waals surface area contributed by atoms with Gasteiger partial charge in [0.2, 0.25) is 0 Å². The van der Waals surface area contributed by atoms with Crippen LogP contribution in [-0.2, 0) is 6.11 Å². The summed E-state index contributed by atoms with van der Waals surface area (Å²) >= 11 is 0. The van der Waals surface area contributed by atoms with E-state index in [2.05, 4.69) is 9.72 Å². The van der Waals surface area contributed by atoms with Gasteiger partial charge in [0.15, 0.2) is 17.5 Å². The first kappa shape index (κ1) is 31.4. The fourth-order valence-corrected chi connectivity index (χ4v) is 4.55. The molecule has 0 saturated carbocycles. The van der Waals surface area contributed by atoms with Crippen molar-refractivity contribution in [2.45, 2.75) is 19.5 Å². The summed E-state index contributed by atoms with van der Waals surface area (Å²) in [5, 5.41) is 0. The Morgan fingerprint density at radius 1 is 0.644 bits per heavy atom. The topological polar surface area (TPSA) is 22.1 Å². The minimum atomic E-state index is -4.68. The average Bonchev–Trinajstić information content (AvgIpc) is 2.98. The number of halogens is 9. The maximum absolute atomic E-state index is 15.1. The minimum absolute atomic E-state index is 0.277. The third-order valence-corrected chi connectivity index (χ3v) is 6.72. The molecule has 0 spiro atoms. The average molecular weight is 630 g/mol. The molecule has 4 aromatic carbocycles. The zero-order chi connectivity index (χ0) is 32.5. The third-order valence-electron chi connectivity index (χ3n) is 6.72.